The van der Waals surface area contributed by atoms with Gasteiger partial charge >= 0.3 is 0 Å². The largest absolute Gasteiger partial charge is 0.493 e. The molecular weight excluding hydrogens is 503 g/mol. The van der Waals surface area contributed by atoms with Crippen LogP contribution in [0.3, 0.4) is 0 Å². The van der Waals surface area contributed by atoms with E-state index in [0.29, 0.717) is 41.2 Å². The normalized spacial score (nSPS) is 17.6. The zero-order chi connectivity index (χ0) is 28.4. The fourth-order valence-corrected chi connectivity index (χ4v) is 4.87. The van der Waals surface area contributed by atoms with Gasteiger partial charge in [-0.15, -0.1) is 0 Å². The first-order valence-electron chi connectivity index (χ1n) is 13.0. The lowest BCUT2D eigenvalue weighted by Crippen LogP contribution is -2.39. The third-order valence-corrected chi connectivity index (χ3v) is 7.50. The molecule has 208 valence electrons. The van der Waals surface area contributed by atoms with Gasteiger partial charge in [-0.05, 0) is 49.2 Å². The zero-order valence-electron chi connectivity index (χ0n) is 23.0. The predicted molar refractivity (Wildman–Crippen MR) is 147 cm³/mol. The Labute approximate surface area is 227 Å². The third kappa shape index (κ3) is 5.47. The number of fused-ring (bicyclic) bond motifs is 1. The highest BCUT2D eigenvalue weighted by atomic mass is 19.1. The first-order valence-corrected chi connectivity index (χ1v) is 13.0. The summed E-state index contributed by atoms with van der Waals surface area (Å²) in [4.78, 5) is 31.5. The molecule has 1 aromatic heterocycles. The second-order valence-corrected chi connectivity index (χ2v) is 10.2. The van der Waals surface area contributed by atoms with Crippen LogP contribution in [0.15, 0.2) is 42.6 Å². The maximum absolute atomic E-state index is 15.0. The molecule has 1 unspecified atom stereocenters. The number of nitrogens with zero attached hydrogens (tertiary/aromatic N) is 2. The van der Waals surface area contributed by atoms with Crippen LogP contribution in [0, 0.1) is 16.6 Å². The highest BCUT2D eigenvalue weighted by Crippen LogP contribution is 2.63. The molecular formula is C29H35FN4O5. The molecule has 2 amide bonds. The summed E-state index contributed by atoms with van der Waals surface area (Å²) in [6.07, 6.45) is 1.91. The second-order valence-electron chi connectivity index (χ2n) is 10.2. The molecule has 0 saturated heterocycles. The van der Waals surface area contributed by atoms with Crippen molar-refractivity contribution in [1.82, 2.24) is 9.88 Å². The summed E-state index contributed by atoms with van der Waals surface area (Å²) in [5.74, 6) is -0.542. The molecule has 0 radical (unpaired) electrons. The van der Waals surface area contributed by atoms with Crippen molar-refractivity contribution in [3.05, 3.63) is 48.4 Å². The van der Waals surface area contributed by atoms with Crippen LogP contribution in [0.4, 0.5) is 10.1 Å². The number of ether oxygens (including phenoxy) is 3. The molecule has 1 fully saturated rings. The van der Waals surface area contributed by atoms with Crippen molar-refractivity contribution in [3.63, 3.8) is 0 Å². The lowest BCUT2D eigenvalue weighted by molar-refractivity contribution is -0.133. The number of carbonyl (C=O) groups excluding carboxylic acids is 2. The van der Waals surface area contributed by atoms with Gasteiger partial charge in [-0.1, -0.05) is 27.7 Å². The lowest BCUT2D eigenvalue weighted by atomic mass is 9.94. The lowest BCUT2D eigenvalue weighted by Gasteiger charge is -2.19. The fourth-order valence-electron chi connectivity index (χ4n) is 4.87. The number of benzene rings is 2. The van der Waals surface area contributed by atoms with E-state index in [1.807, 2.05) is 0 Å². The Morgan fingerprint density at radius 2 is 1.79 bits per heavy atom. The Hall–Kier alpha value is -3.92. The van der Waals surface area contributed by atoms with E-state index in [1.54, 1.807) is 45.4 Å². The first-order chi connectivity index (χ1) is 18.6. The van der Waals surface area contributed by atoms with Gasteiger partial charge in [0, 0.05) is 35.9 Å². The molecule has 39 heavy (non-hydrogen) atoms. The Morgan fingerprint density at radius 3 is 2.38 bits per heavy atom. The van der Waals surface area contributed by atoms with Crippen molar-refractivity contribution in [2.45, 2.75) is 34.1 Å². The van der Waals surface area contributed by atoms with Crippen LogP contribution in [-0.4, -0.2) is 55.0 Å². The number of methoxy groups -OCH3 is 1. The number of anilines is 1. The van der Waals surface area contributed by atoms with E-state index in [9.17, 15) is 9.59 Å². The highest BCUT2D eigenvalue weighted by Gasteiger charge is 2.70. The summed E-state index contributed by atoms with van der Waals surface area (Å²) in [6, 6.07) is 9.21. The monoisotopic (exact) mass is 538 g/mol. The van der Waals surface area contributed by atoms with E-state index < -0.39 is 28.5 Å². The van der Waals surface area contributed by atoms with Crippen LogP contribution in [0.1, 0.15) is 34.1 Å². The molecule has 0 spiro atoms. The number of carbonyl (C=O) groups is 2. The van der Waals surface area contributed by atoms with Crippen LogP contribution in [0.5, 0.6) is 23.0 Å². The van der Waals surface area contributed by atoms with Gasteiger partial charge in [-0.25, -0.2) is 4.39 Å². The number of hydrogen-bond acceptors (Lipinski definition) is 7. The van der Waals surface area contributed by atoms with Crippen LogP contribution >= 0.6 is 0 Å². The summed E-state index contributed by atoms with van der Waals surface area (Å²) < 4.78 is 32.5. The molecule has 1 aliphatic carbocycles. The number of likely N-dealkylation sites (N-methyl/N-ethyl adjacent to an activating group) is 1. The SMILES string of the molecule is CCN(CC)CCOc1cc2nccc(Oc3ccc(NC(=O)C4(C(N)=O)CC4(C)C)cc3F)c2cc1OC. The Bertz CT molecular complexity index is 1390. The summed E-state index contributed by atoms with van der Waals surface area (Å²) in [7, 11) is 1.55. The summed E-state index contributed by atoms with van der Waals surface area (Å²) in [5.41, 5.74) is 4.44. The predicted octanol–water partition coefficient (Wildman–Crippen LogP) is 4.74. The van der Waals surface area contributed by atoms with E-state index in [1.165, 1.54) is 12.1 Å². The smallest absolute Gasteiger partial charge is 0.240 e. The van der Waals surface area contributed by atoms with Crippen molar-refractivity contribution in [1.29, 1.82) is 0 Å². The van der Waals surface area contributed by atoms with E-state index in [-0.39, 0.29) is 11.4 Å². The molecule has 3 aromatic rings. The quantitative estimate of drug-likeness (QED) is 0.320. The molecule has 1 atom stereocenters. The number of rotatable bonds is 12. The average molecular weight is 539 g/mol. The first kappa shape index (κ1) is 28.1. The van der Waals surface area contributed by atoms with Crippen molar-refractivity contribution >= 4 is 28.4 Å². The number of halogens is 1. The van der Waals surface area contributed by atoms with Gasteiger partial charge in [-0.2, -0.15) is 0 Å². The number of pyridine rings is 1. The number of hydrogen-bond donors (Lipinski definition) is 2. The van der Waals surface area contributed by atoms with Gasteiger partial charge in [0.05, 0.1) is 12.6 Å². The maximum atomic E-state index is 15.0. The topological polar surface area (TPSA) is 116 Å². The number of nitrogens with one attached hydrogen (secondary N) is 1. The van der Waals surface area contributed by atoms with Crippen LogP contribution < -0.4 is 25.3 Å². The van der Waals surface area contributed by atoms with E-state index in [4.69, 9.17) is 19.9 Å². The molecule has 3 N–H and O–H groups in total. The molecule has 0 bridgehead atoms. The second kappa shape index (κ2) is 11.1. The molecule has 10 heteroatoms. The average Bonchev–Trinajstić information content (AvgIpc) is 3.51. The summed E-state index contributed by atoms with van der Waals surface area (Å²) in [6.45, 7) is 10.9. The minimum atomic E-state index is -1.30. The Kier molecular flexibility index (Phi) is 7.96. The Morgan fingerprint density at radius 1 is 1.08 bits per heavy atom. The van der Waals surface area contributed by atoms with E-state index in [2.05, 4.69) is 29.0 Å². The molecule has 0 aliphatic heterocycles. The molecule has 1 aliphatic rings. The van der Waals surface area contributed by atoms with Crippen molar-refractivity contribution in [2.75, 3.05) is 38.7 Å². The number of amides is 2. The van der Waals surface area contributed by atoms with E-state index >= 15 is 4.39 Å². The minimum absolute atomic E-state index is 0.0459. The van der Waals surface area contributed by atoms with Crippen LogP contribution in [-0.2, 0) is 9.59 Å². The van der Waals surface area contributed by atoms with Gasteiger partial charge in [0.15, 0.2) is 23.1 Å². The molecule has 9 nitrogen and oxygen atoms in total. The fraction of sp³-hybridized carbons (Fsp3) is 0.414. The van der Waals surface area contributed by atoms with Gasteiger partial charge in [0.25, 0.3) is 0 Å². The molecule has 2 aromatic carbocycles. The van der Waals surface area contributed by atoms with Gasteiger partial charge in [-0.3, -0.25) is 14.6 Å². The molecule has 1 heterocycles. The standard InChI is InChI=1S/C29H35FN4O5/c1-6-34(7-2)12-13-38-25-16-21-19(15-24(25)37-5)22(10-11-32-21)39-23-9-8-18(14-20(23)30)33-27(36)29(26(31)35)17-28(29,3)4/h8-11,14-16H,6-7,12-13,17H2,1-5H3,(H2,31,35)(H,33,36). The van der Waals surface area contributed by atoms with Crippen molar-refractivity contribution in [3.8, 4) is 23.0 Å². The van der Waals surface area contributed by atoms with E-state index in [0.717, 1.165) is 25.7 Å². The van der Waals surface area contributed by atoms with Crippen LogP contribution in [0.2, 0.25) is 0 Å². The Balaban J connectivity index is 1.52. The number of primary amides is 1. The maximum Gasteiger partial charge on any atom is 0.240 e. The van der Waals surface area contributed by atoms with Crippen molar-refractivity contribution < 1.29 is 28.2 Å². The van der Waals surface area contributed by atoms with Gasteiger partial charge in [0.1, 0.15) is 17.8 Å². The van der Waals surface area contributed by atoms with Crippen molar-refractivity contribution in [2.24, 2.45) is 16.6 Å². The minimum Gasteiger partial charge on any atom is -0.493 e. The third-order valence-electron chi connectivity index (χ3n) is 7.50. The molecule has 1 saturated carbocycles. The highest BCUT2D eigenvalue weighted by molar-refractivity contribution is 6.13. The number of nitrogens with two attached hydrogens (primary N) is 1. The van der Waals surface area contributed by atoms with Gasteiger partial charge in [0.2, 0.25) is 11.8 Å². The molecule has 4 rings (SSSR count). The number of aromatic nitrogens is 1. The summed E-state index contributed by atoms with van der Waals surface area (Å²) in [5, 5.41) is 3.23. The van der Waals surface area contributed by atoms with Crippen LogP contribution in [0.25, 0.3) is 10.9 Å². The zero-order valence-corrected chi connectivity index (χ0v) is 23.0. The summed E-state index contributed by atoms with van der Waals surface area (Å²) >= 11 is 0. The van der Waals surface area contributed by atoms with Gasteiger partial charge < -0.3 is 30.2 Å².